The highest BCUT2D eigenvalue weighted by atomic mass is 35.5. The Kier molecular flexibility index (Phi) is 3.36. The van der Waals surface area contributed by atoms with Gasteiger partial charge in [-0.1, -0.05) is 23.6 Å². The van der Waals surface area contributed by atoms with E-state index in [1.54, 1.807) is 24.3 Å². The van der Waals surface area contributed by atoms with Crippen LogP contribution in [0.1, 0.15) is 6.42 Å². The maximum atomic E-state index is 11.0. The lowest BCUT2D eigenvalue weighted by Gasteiger charge is -2.02. The largest absolute Gasteiger partial charge is 0.325 e. The lowest BCUT2D eigenvalue weighted by molar-refractivity contribution is -0.115. The second kappa shape index (κ2) is 4.54. The Morgan fingerprint density at radius 2 is 2.38 bits per heavy atom. The number of carbonyl (C=O) groups is 1. The molecule has 1 rings (SSSR count). The summed E-state index contributed by atoms with van der Waals surface area (Å²) >= 11 is 5.71. The first-order valence-electron chi connectivity index (χ1n) is 3.71. The van der Waals surface area contributed by atoms with Crippen molar-refractivity contribution in [3.63, 3.8) is 0 Å². The highest BCUT2D eigenvalue weighted by Crippen LogP contribution is 2.14. The van der Waals surface area contributed by atoms with E-state index in [2.05, 4.69) is 11.2 Å². The molecule has 0 heterocycles. The highest BCUT2D eigenvalue weighted by molar-refractivity contribution is 6.30. The van der Waals surface area contributed by atoms with Gasteiger partial charge in [0, 0.05) is 10.7 Å². The number of nitrogens with one attached hydrogen (secondary N) is 1. The van der Waals surface area contributed by atoms with Crippen molar-refractivity contribution in [2.75, 3.05) is 5.32 Å². The summed E-state index contributed by atoms with van der Waals surface area (Å²) in [6, 6.07) is 6.91. The molecule has 0 atom stereocenters. The zero-order chi connectivity index (χ0) is 9.68. The fourth-order valence-electron chi connectivity index (χ4n) is 0.864. The van der Waals surface area contributed by atoms with Crippen molar-refractivity contribution in [2.24, 2.45) is 0 Å². The van der Waals surface area contributed by atoms with Crippen molar-refractivity contribution in [1.82, 2.24) is 0 Å². The monoisotopic (exact) mass is 193 g/mol. The summed E-state index contributed by atoms with van der Waals surface area (Å²) in [7, 11) is 0. The molecule has 0 unspecified atom stereocenters. The summed E-state index contributed by atoms with van der Waals surface area (Å²) in [6.45, 7) is 0. The van der Waals surface area contributed by atoms with Crippen LogP contribution in [-0.4, -0.2) is 5.91 Å². The molecule has 0 saturated heterocycles. The lowest BCUT2D eigenvalue weighted by Crippen LogP contribution is -2.09. The molecule has 0 bridgehead atoms. The number of rotatable bonds is 2. The molecule has 0 aliphatic heterocycles. The molecule has 66 valence electrons. The zero-order valence-corrected chi connectivity index (χ0v) is 7.64. The van der Waals surface area contributed by atoms with Gasteiger partial charge in [0.05, 0.1) is 6.42 Å². The summed E-state index contributed by atoms with van der Waals surface area (Å²) in [6.07, 6.45) is 5.05. The number of amides is 1. The molecule has 0 aliphatic rings. The van der Waals surface area contributed by atoms with E-state index in [1.165, 1.54) is 0 Å². The summed E-state index contributed by atoms with van der Waals surface area (Å²) in [5, 5.41) is 3.20. The minimum Gasteiger partial charge on any atom is -0.325 e. The molecule has 0 fully saturated rings. The fraction of sp³-hybridized carbons (Fsp3) is 0.100. The van der Waals surface area contributed by atoms with E-state index < -0.39 is 0 Å². The maximum absolute atomic E-state index is 11.0. The minimum atomic E-state index is -0.204. The Balaban J connectivity index is 2.65. The predicted molar refractivity (Wildman–Crippen MR) is 53.5 cm³/mol. The van der Waals surface area contributed by atoms with Gasteiger partial charge in [-0.3, -0.25) is 4.79 Å². The second-order valence-corrected chi connectivity index (χ2v) is 2.88. The van der Waals surface area contributed by atoms with Gasteiger partial charge in [-0.15, -0.1) is 6.42 Å². The van der Waals surface area contributed by atoms with Crippen LogP contribution in [0.3, 0.4) is 0 Å². The van der Waals surface area contributed by atoms with Crippen molar-refractivity contribution in [1.29, 1.82) is 0 Å². The average molecular weight is 194 g/mol. The number of halogens is 1. The normalized spacial score (nSPS) is 8.92. The van der Waals surface area contributed by atoms with E-state index in [-0.39, 0.29) is 12.3 Å². The van der Waals surface area contributed by atoms with Gasteiger partial charge in [-0.25, -0.2) is 0 Å². The lowest BCUT2D eigenvalue weighted by atomic mass is 10.3. The molecule has 13 heavy (non-hydrogen) atoms. The van der Waals surface area contributed by atoms with E-state index in [1.807, 2.05) is 0 Å². The number of hydrogen-bond acceptors (Lipinski definition) is 1. The van der Waals surface area contributed by atoms with Gasteiger partial charge in [-0.2, -0.15) is 0 Å². The van der Waals surface area contributed by atoms with Crippen molar-refractivity contribution in [3.05, 3.63) is 29.3 Å². The van der Waals surface area contributed by atoms with E-state index in [4.69, 9.17) is 18.0 Å². The first-order valence-corrected chi connectivity index (χ1v) is 4.09. The van der Waals surface area contributed by atoms with Crippen LogP contribution < -0.4 is 5.32 Å². The molecule has 1 aromatic carbocycles. The maximum Gasteiger partial charge on any atom is 0.236 e. The molecule has 1 N–H and O–H groups in total. The molecule has 1 aromatic rings. The topological polar surface area (TPSA) is 29.1 Å². The molecule has 0 aliphatic carbocycles. The number of hydrogen-bond donors (Lipinski definition) is 1. The molecule has 3 heteroatoms. The average Bonchev–Trinajstić information content (AvgIpc) is 2.04. The Hall–Kier alpha value is -1.46. The fourth-order valence-corrected chi connectivity index (χ4v) is 1.05. The third kappa shape index (κ3) is 3.18. The van der Waals surface area contributed by atoms with Crippen LogP contribution in [0.2, 0.25) is 5.02 Å². The van der Waals surface area contributed by atoms with E-state index in [0.717, 1.165) is 0 Å². The predicted octanol–water partition coefficient (Wildman–Crippen LogP) is 2.30. The summed E-state index contributed by atoms with van der Waals surface area (Å²) in [4.78, 5) is 11.0. The van der Waals surface area contributed by atoms with Gasteiger partial charge in [-0.05, 0) is 18.2 Å². The molecule has 0 spiro atoms. The van der Waals surface area contributed by atoms with Crippen molar-refractivity contribution in [3.8, 4) is 12.3 Å². The van der Waals surface area contributed by atoms with Crippen LogP contribution in [0.25, 0.3) is 0 Å². The smallest absolute Gasteiger partial charge is 0.236 e. The number of carbonyl (C=O) groups excluding carboxylic acids is 1. The van der Waals surface area contributed by atoms with Gasteiger partial charge in [0.25, 0.3) is 0 Å². The summed E-state index contributed by atoms with van der Waals surface area (Å²) < 4.78 is 0. The number of anilines is 1. The van der Waals surface area contributed by atoms with Crippen LogP contribution in [-0.2, 0) is 4.79 Å². The van der Waals surface area contributed by atoms with Crippen LogP contribution >= 0.6 is 11.6 Å². The zero-order valence-electron chi connectivity index (χ0n) is 6.88. The number of benzene rings is 1. The third-order valence-corrected chi connectivity index (χ3v) is 1.61. The first-order chi connectivity index (χ1) is 6.22. The van der Waals surface area contributed by atoms with Crippen LogP contribution in [0, 0.1) is 12.3 Å². The number of terminal acetylenes is 1. The quantitative estimate of drug-likeness (QED) is 0.718. The van der Waals surface area contributed by atoms with Crippen LogP contribution in [0.5, 0.6) is 0 Å². The minimum absolute atomic E-state index is 0.0759. The molecule has 0 radical (unpaired) electrons. The molecular weight excluding hydrogens is 186 g/mol. The Morgan fingerprint density at radius 3 is 3.00 bits per heavy atom. The van der Waals surface area contributed by atoms with E-state index >= 15 is 0 Å². The molecular formula is C10H8ClNO. The van der Waals surface area contributed by atoms with Gasteiger partial charge in [0.1, 0.15) is 0 Å². The second-order valence-electron chi connectivity index (χ2n) is 2.44. The molecule has 0 aromatic heterocycles. The SMILES string of the molecule is C#CCC(=O)Nc1cccc(Cl)c1. The van der Waals surface area contributed by atoms with Crippen molar-refractivity contribution >= 4 is 23.2 Å². The molecule has 2 nitrogen and oxygen atoms in total. The molecule has 0 saturated carbocycles. The first kappa shape index (κ1) is 9.63. The molecule has 1 amide bonds. The van der Waals surface area contributed by atoms with E-state index in [9.17, 15) is 4.79 Å². The van der Waals surface area contributed by atoms with Gasteiger partial charge >= 0.3 is 0 Å². The highest BCUT2D eigenvalue weighted by Gasteiger charge is 1.99. The van der Waals surface area contributed by atoms with Gasteiger partial charge < -0.3 is 5.32 Å². The standard InChI is InChI=1S/C10H8ClNO/c1-2-4-10(13)12-9-6-3-5-8(11)7-9/h1,3,5-7H,4H2,(H,12,13). The van der Waals surface area contributed by atoms with Gasteiger partial charge in [0.15, 0.2) is 0 Å². The third-order valence-electron chi connectivity index (χ3n) is 1.37. The van der Waals surface area contributed by atoms with E-state index in [0.29, 0.717) is 10.7 Å². The Bertz CT molecular complexity index is 354. The summed E-state index contributed by atoms with van der Waals surface area (Å²) in [5.74, 6) is 2.05. The van der Waals surface area contributed by atoms with Gasteiger partial charge in [0.2, 0.25) is 5.91 Å². The Labute approximate surface area is 81.9 Å². The van der Waals surface area contributed by atoms with Crippen LogP contribution in [0.15, 0.2) is 24.3 Å². The summed E-state index contributed by atoms with van der Waals surface area (Å²) in [5.41, 5.74) is 0.660. The van der Waals surface area contributed by atoms with Crippen molar-refractivity contribution < 1.29 is 4.79 Å². The van der Waals surface area contributed by atoms with Crippen LogP contribution in [0.4, 0.5) is 5.69 Å². The Morgan fingerprint density at radius 1 is 1.62 bits per heavy atom. The van der Waals surface area contributed by atoms with Crippen molar-refractivity contribution in [2.45, 2.75) is 6.42 Å².